The fourth-order valence-corrected chi connectivity index (χ4v) is 3.38. The molecule has 1 saturated heterocycles. The van der Waals surface area contributed by atoms with E-state index in [1.165, 1.54) is 6.20 Å². The first-order chi connectivity index (χ1) is 13.1. The van der Waals surface area contributed by atoms with Crippen molar-refractivity contribution in [3.8, 4) is 11.4 Å². The number of nitrogens with zero attached hydrogens (tertiary/aromatic N) is 4. The number of H-pyrrole nitrogens is 1. The van der Waals surface area contributed by atoms with Crippen molar-refractivity contribution in [3.63, 3.8) is 0 Å². The summed E-state index contributed by atoms with van der Waals surface area (Å²) in [4.78, 5) is 38.2. The van der Waals surface area contributed by atoms with Crippen LogP contribution in [0.2, 0.25) is 0 Å². The Balaban J connectivity index is 1.64. The second-order valence-electron chi connectivity index (χ2n) is 6.59. The number of likely N-dealkylation sites (tertiary alicyclic amines) is 1. The summed E-state index contributed by atoms with van der Waals surface area (Å²) in [5.74, 6) is 0.738. The van der Waals surface area contributed by atoms with Crippen molar-refractivity contribution in [1.82, 2.24) is 25.0 Å². The van der Waals surface area contributed by atoms with E-state index in [0.717, 1.165) is 25.0 Å². The zero-order valence-electron chi connectivity index (χ0n) is 14.9. The predicted molar refractivity (Wildman–Crippen MR) is 97.0 cm³/mol. The molecule has 1 N–H and O–H groups in total. The van der Waals surface area contributed by atoms with Gasteiger partial charge in [0.05, 0.1) is 6.04 Å². The molecular weight excluding hydrogens is 346 g/mol. The number of nitrogens with one attached hydrogen (secondary N) is 1. The topological polar surface area (TPSA) is 105 Å². The number of hydrogen-bond donors (Lipinski definition) is 1. The third-order valence-electron chi connectivity index (χ3n) is 4.72. The molecule has 1 aliphatic rings. The Bertz CT molecular complexity index is 1010. The highest BCUT2D eigenvalue weighted by Gasteiger charge is 2.32. The average Bonchev–Trinajstić information content (AvgIpc) is 3.14. The largest absolute Gasteiger partial charge is 0.361 e. The fourth-order valence-electron chi connectivity index (χ4n) is 3.38. The number of aromatic nitrogens is 4. The van der Waals surface area contributed by atoms with E-state index < -0.39 is 5.56 Å². The summed E-state index contributed by atoms with van der Waals surface area (Å²) in [6, 6.07) is 5.19. The molecule has 0 aromatic carbocycles. The number of aromatic amines is 1. The first-order valence-corrected chi connectivity index (χ1v) is 8.87. The van der Waals surface area contributed by atoms with E-state index in [1.54, 1.807) is 29.4 Å². The highest BCUT2D eigenvalue weighted by Crippen LogP contribution is 2.31. The molecular formula is C19H19N5O3. The lowest BCUT2D eigenvalue weighted by Gasteiger charge is -2.34. The van der Waals surface area contributed by atoms with Crippen molar-refractivity contribution >= 4 is 5.91 Å². The number of piperidine rings is 1. The van der Waals surface area contributed by atoms with E-state index in [9.17, 15) is 9.59 Å². The van der Waals surface area contributed by atoms with Gasteiger partial charge in [0, 0.05) is 36.8 Å². The quantitative estimate of drug-likeness (QED) is 0.764. The maximum absolute atomic E-state index is 13.1. The normalized spacial score (nSPS) is 17.1. The van der Waals surface area contributed by atoms with Gasteiger partial charge in [0.1, 0.15) is 22.8 Å². The minimum atomic E-state index is -0.463. The number of carbonyl (C=O) groups excluding carboxylic acids is 1. The first kappa shape index (κ1) is 17.1. The molecule has 3 aromatic rings. The number of carbonyl (C=O) groups is 1. The van der Waals surface area contributed by atoms with E-state index in [1.807, 2.05) is 13.0 Å². The van der Waals surface area contributed by atoms with E-state index in [-0.39, 0.29) is 17.5 Å². The molecule has 0 radical (unpaired) electrons. The first-order valence-electron chi connectivity index (χ1n) is 8.87. The lowest BCUT2D eigenvalue weighted by Crippen LogP contribution is -2.41. The zero-order valence-corrected chi connectivity index (χ0v) is 14.9. The van der Waals surface area contributed by atoms with Gasteiger partial charge in [-0.2, -0.15) is 0 Å². The van der Waals surface area contributed by atoms with Gasteiger partial charge in [0.2, 0.25) is 0 Å². The number of pyridine rings is 1. The van der Waals surface area contributed by atoms with Gasteiger partial charge in [0.15, 0.2) is 0 Å². The van der Waals surface area contributed by atoms with Gasteiger partial charge in [-0.3, -0.25) is 14.6 Å². The van der Waals surface area contributed by atoms with Crippen molar-refractivity contribution in [1.29, 1.82) is 0 Å². The molecule has 4 rings (SSSR count). The predicted octanol–water partition coefficient (Wildman–Crippen LogP) is 2.50. The number of rotatable bonds is 3. The molecule has 0 spiro atoms. The third-order valence-corrected chi connectivity index (χ3v) is 4.72. The van der Waals surface area contributed by atoms with Crippen LogP contribution in [0.15, 0.2) is 46.1 Å². The minimum Gasteiger partial charge on any atom is -0.361 e. The smallest absolute Gasteiger partial charge is 0.264 e. The van der Waals surface area contributed by atoms with Crippen LogP contribution in [-0.2, 0) is 0 Å². The molecule has 8 heteroatoms. The SMILES string of the molecule is Cc1cc(C2CCCCN2C(=O)c2cnc(-c3cccnc3)[nH]c2=O)no1. The molecule has 8 nitrogen and oxygen atoms in total. The Kier molecular flexibility index (Phi) is 4.53. The summed E-state index contributed by atoms with van der Waals surface area (Å²) in [6.45, 7) is 2.39. The molecule has 1 unspecified atom stereocenters. The van der Waals surface area contributed by atoms with Gasteiger partial charge < -0.3 is 14.4 Å². The lowest BCUT2D eigenvalue weighted by atomic mass is 9.98. The van der Waals surface area contributed by atoms with Crippen LogP contribution in [0.3, 0.4) is 0 Å². The summed E-state index contributed by atoms with van der Waals surface area (Å²) in [7, 11) is 0. The average molecular weight is 365 g/mol. The molecule has 0 bridgehead atoms. The van der Waals surface area contributed by atoms with Crippen LogP contribution in [0.25, 0.3) is 11.4 Å². The molecule has 1 fully saturated rings. The Morgan fingerprint density at radius 1 is 1.33 bits per heavy atom. The third kappa shape index (κ3) is 3.38. The van der Waals surface area contributed by atoms with Gasteiger partial charge in [0.25, 0.3) is 11.5 Å². The maximum Gasteiger partial charge on any atom is 0.264 e. The lowest BCUT2D eigenvalue weighted by molar-refractivity contribution is 0.0599. The highest BCUT2D eigenvalue weighted by molar-refractivity contribution is 5.94. The molecule has 0 saturated carbocycles. The monoisotopic (exact) mass is 365 g/mol. The molecule has 1 amide bonds. The van der Waals surface area contributed by atoms with Crippen LogP contribution in [0.5, 0.6) is 0 Å². The van der Waals surface area contributed by atoms with Crippen LogP contribution in [0.1, 0.15) is 47.1 Å². The van der Waals surface area contributed by atoms with Crippen LogP contribution >= 0.6 is 0 Å². The Morgan fingerprint density at radius 3 is 2.93 bits per heavy atom. The van der Waals surface area contributed by atoms with Crippen molar-refractivity contribution in [2.75, 3.05) is 6.54 Å². The maximum atomic E-state index is 13.1. The second kappa shape index (κ2) is 7.14. The fraction of sp³-hybridized carbons (Fsp3) is 0.316. The molecule has 0 aliphatic carbocycles. The molecule has 27 heavy (non-hydrogen) atoms. The minimum absolute atomic E-state index is 0.0229. The summed E-state index contributed by atoms with van der Waals surface area (Å²) >= 11 is 0. The Labute approximate surface area is 155 Å². The number of hydrogen-bond acceptors (Lipinski definition) is 6. The molecule has 1 atom stereocenters. The van der Waals surface area contributed by atoms with Crippen LogP contribution in [0, 0.1) is 6.92 Å². The van der Waals surface area contributed by atoms with Crippen molar-refractivity contribution in [2.45, 2.75) is 32.2 Å². The second-order valence-corrected chi connectivity index (χ2v) is 6.59. The molecule has 3 aromatic heterocycles. The van der Waals surface area contributed by atoms with Gasteiger partial charge in [-0.25, -0.2) is 4.98 Å². The van der Waals surface area contributed by atoms with Crippen molar-refractivity contribution in [2.24, 2.45) is 0 Å². The zero-order chi connectivity index (χ0) is 18.8. The molecule has 1 aliphatic heterocycles. The standard InChI is InChI=1S/C19H19N5O3/c1-12-9-15(23-27-12)16-6-2-3-8-24(16)19(26)14-11-21-17(22-18(14)25)13-5-4-7-20-10-13/h4-5,7,9-11,16H,2-3,6,8H2,1H3,(H,21,22,25). The van der Waals surface area contributed by atoms with Gasteiger partial charge >= 0.3 is 0 Å². The summed E-state index contributed by atoms with van der Waals surface area (Å²) in [6.07, 6.45) is 7.25. The number of aryl methyl sites for hydroxylation is 1. The Morgan fingerprint density at radius 2 is 2.22 bits per heavy atom. The van der Waals surface area contributed by atoms with Crippen LogP contribution in [0.4, 0.5) is 0 Å². The number of amides is 1. The van der Waals surface area contributed by atoms with E-state index in [2.05, 4.69) is 20.1 Å². The van der Waals surface area contributed by atoms with Gasteiger partial charge in [-0.1, -0.05) is 5.16 Å². The van der Waals surface area contributed by atoms with Crippen LogP contribution in [-0.4, -0.2) is 37.5 Å². The Hall–Kier alpha value is -3.29. The van der Waals surface area contributed by atoms with Gasteiger partial charge in [-0.05, 0) is 38.3 Å². The summed E-state index contributed by atoms with van der Waals surface area (Å²) in [5, 5.41) is 4.06. The summed E-state index contributed by atoms with van der Waals surface area (Å²) < 4.78 is 5.17. The summed E-state index contributed by atoms with van der Waals surface area (Å²) in [5.41, 5.74) is 0.962. The van der Waals surface area contributed by atoms with Crippen molar-refractivity contribution < 1.29 is 9.32 Å². The van der Waals surface area contributed by atoms with Crippen LogP contribution < -0.4 is 5.56 Å². The highest BCUT2D eigenvalue weighted by atomic mass is 16.5. The molecule has 4 heterocycles. The van der Waals surface area contributed by atoms with Crippen molar-refractivity contribution in [3.05, 3.63) is 64.2 Å². The van der Waals surface area contributed by atoms with E-state index in [0.29, 0.717) is 23.7 Å². The van der Waals surface area contributed by atoms with E-state index >= 15 is 0 Å². The van der Waals surface area contributed by atoms with Gasteiger partial charge in [-0.15, -0.1) is 0 Å². The van der Waals surface area contributed by atoms with E-state index in [4.69, 9.17) is 4.52 Å². The molecule has 138 valence electrons.